The van der Waals surface area contributed by atoms with Crippen LogP contribution < -0.4 is 4.90 Å². The van der Waals surface area contributed by atoms with Crippen molar-refractivity contribution in [1.82, 2.24) is 0 Å². The first kappa shape index (κ1) is 14.5. The van der Waals surface area contributed by atoms with Crippen LogP contribution in [0.15, 0.2) is 46.9 Å². The van der Waals surface area contributed by atoms with Gasteiger partial charge >= 0.3 is 5.97 Å². The molecule has 20 heavy (non-hydrogen) atoms. The Labute approximate surface area is 124 Å². The molecule has 0 atom stereocenters. The van der Waals surface area contributed by atoms with Crippen LogP contribution in [0.5, 0.6) is 0 Å². The largest absolute Gasteiger partial charge is 0.478 e. The van der Waals surface area contributed by atoms with Crippen molar-refractivity contribution in [2.75, 3.05) is 11.9 Å². The minimum absolute atomic E-state index is 0.212. The number of rotatable bonds is 4. The van der Waals surface area contributed by atoms with Crippen LogP contribution in [0.2, 0.25) is 0 Å². The third kappa shape index (κ3) is 3.36. The maximum Gasteiger partial charge on any atom is 0.335 e. The third-order valence-corrected chi connectivity index (χ3v) is 3.44. The first-order valence-corrected chi connectivity index (χ1v) is 6.75. The Morgan fingerprint density at radius 3 is 2.75 bits per heavy atom. The summed E-state index contributed by atoms with van der Waals surface area (Å²) < 4.78 is 14.5. The molecule has 0 spiro atoms. The van der Waals surface area contributed by atoms with Gasteiger partial charge in [-0.2, -0.15) is 0 Å². The van der Waals surface area contributed by atoms with E-state index in [1.807, 2.05) is 0 Å². The second kappa shape index (κ2) is 6.05. The molecule has 2 aromatic rings. The van der Waals surface area contributed by atoms with E-state index >= 15 is 0 Å². The molecule has 0 amide bonds. The summed E-state index contributed by atoms with van der Waals surface area (Å²) in [6.45, 7) is 0.356. The van der Waals surface area contributed by atoms with E-state index in [-0.39, 0.29) is 11.4 Å². The Balaban J connectivity index is 2.23. The molecule has 3 nitrogen and oxygen atoms in total. The fraction of sp³-hybridized carbons (Fsp3) is 0.133. The maximum atomic E-state index is 13.7. The van der Waals surface area contributed by atoms with Gasteiger partial charge in [0.2, 0.25) is 0 Å². The lowest BCUT2D eigenvalue weighted by Gasteiger charge is -2.20. The highest BCUT2D eigenvalue weighted by Gasteiger charge is 2.09. The molecule has 5 heteroatoms. The van der Waals surface area contributed by atoms with Crippen LogP contribution in [0.1, 0.15) is 15.9 Å². The fourth-order valence-electron chi connectivity index (χ4n) is 1.89. The van der Waals surface area contributed by atoms with Gasteiger partial charge < -0.3 is 10.0 Å². The molecule has 104 valence electrons. The molecule has 0 fully saturated rings. The Bertz CT molecular complexity index is 646. The van der Waals surface area contributed by atoms with Crippen molar-refractivity contribution in [2.24, 2.45) is 0 Å². The zero-order valence-corrected chi connectivity index (χ0v) is 12.4. The van der Waals surface area contributed by atoms with Crippen LogP contribution in [0.25, 0.3) is 0 Å². The first-order valence-electron chi connectivity index (χ1n) is 5.96. The Hall–Kier alpha value is -1.88. The number of nitrogens with zero attached hydrogens (tertiary/aromatic N) is 1. The first-order chi connectivity index (χ1) is 9.47. The topological polar surface area (TPSA) is 40.5 Å². The number of carbonyl (C=O) groups is 1. The van der Waals surface area contributed by atoms with Crippen molar-refractivity contribution < 1.29 is 14.3 Å². The molecular weight excluding hydrogens is 325 g/mol. The smallest absolute Gasteiger partial charge is 0.335 e. The molecule has 0 radical (unpaired) electrons. The third-order valence-electron chi connectivity index (χ3n) is 2.95. The van der Waals surface area contributed by atoms with Gasteiger partial charge in [-0.3, -0.25) is 0 Å². The van der Waals surface area contributed by atoms with E-state index in [0.717, 1.165) is 10.2 Å². The number of aromatic carboxylic acids is 1. The van der Waals surface area contributed by atoms with Gasteiger partial charge in [0, 0.05) is 29.3 Å². The maximum absolute atomic E-state index is 13.7. The Kier molecular flexibility index (Phi) is 4.39. The summed E-state index contributed by atoms with van der Waals surface area (Å²) in [6, 6.07) is 11.3. The lowest BCUT2D eigenvalue weighted by atomic mass is 10.1. The van der Waals surface area contributed by atoms with E-state index in [9.17, 15) is 9.18 Å². The standard InChI is InChI=1S/C15H13BrFNO2/c1-18(9-11-7-12(16)5-6-14(11)17)13-4-2-3-10(8-13)15(19)20/h2-8H,9H2,1H3,(H,19,20). The Morgan fingerprint density at radius 2 is 2.05 bits per heavy atom. The number of hydrogen-bond acceptors (Lipinski definition) is 2. The molecule has 0 aliphatic rings. The minimum Gasteiger partial charge on any atom is -0.478 e. The monoisotopic (exact) mass is 337 g/mol. The van der Waals surface area contributed by atoms with Crippen molar-refractivity contribution in [3.05, 3.63) is 63.9 Å². The van der Waals surface area contributed by atoms with E-state index in [1.54, 1.807) is 42.3 Å². The molecule has 0 aromatic heterocycles. The summed E-state index contributed by atoms with van der Waals surface area (Å²) in [5, 5.41) is 8.98. The molecule has 2 aromatic carbocycles. The summed E-state index contributed by atoms with van der Waals surface area (Å²) in [5.74, 6) is -1.26. The van der Waals surface area contributed by atoms with Gasteiger partial charge in [-0.05, 0) is 36.4 Å². The number of benzene rings is 2. The summed E-state index contributed by atoms with van der Waals surface area (Å²) in [4.78, 5) is 12.8. The summed E-state index contributed by atoms with van der Waals surface area (Å²) in [7, 11) is 1.79. The SMILES string of the molecule is CN(Cc1cc(Br)ccc1F)c1cccc(C(=O)O)c1. The molecule has 0 saturated carbocycles. The van der Waals surface area contributed by atoms with Crippen molar-refractivity contribution in [2.45, 2.75) is 6.54 Å². The number of carboxylic acids is 1. The van der Waals surface area contributed by atoms with Crippen molar-refractivity contribution in [1.29, 1.82) is 0 Å². The normalized spacial score (nSPS) is 10.3. The summed E-state index contributed by atoms with van der Waals surface area (Å²) >= 11 is 3.31. The predicted molar refractivity (Wildman–Crippen MR) is 79.6 cm³/mol. The van der Waals surface area contributed by atoms with E-state index < -0.39 is 5.97 Å². The minimum atomic E-state index is -0.978. The predicted octanol–water partition coefficient (Wildman–Crippen LogP) is 3.92. The summed E-state index contributed by atoms with van der Waals surface area (Å²) in [5.41, 5.74) is 1.48. The molecule has 2 rings (SSSR count). The van der Waals surface area contributed by atoms with Crippen LogP contribution in [0, 0.1) is 5.82 Å². The van der Waals surface area contributed by atoms with Crippen LogP contribution in [-0.2, 0) is 6.54 Å². The van der Waals surface area contributed by atoms with Crippen LogP contribution in [0.4, 0.5) is 10.1 Å². The molecule has 0 aliphatic heterocycles. The fourth-order valence-corrected chi connectivity index (χ4v) is 2.30. The molecule has 0 bridgehead atoms. The number of halogens is 2. The zero-order valence-electron chi connectivity index (χ0n) is 10.8. The van der Waals surface area contributed by atoms with E-state index in [4.69, 9.17) is 5.11 Å². The Morgan fingerprint density at radius 1 is 1.30 bits per heavy atom. The van der Waals surface area contributed by atoms with Gasteiger partial charge in [0.1, 0.15) is 5.82 Å². The molecule has 0 unspecified atom stereocenters. The highest BCUT2D eigenvalue weighted by Crippen LogP contribution is 2.21. The zero-order chi connectivity index (χ0) is 14.7. The molecular formula is C15H13BrFNO2. The molecule has 0 aliphatic carbocycles. The lowest BCUT2D eigenvalue weighted by molar-refractivity contribution is 0.0697. The quantitative estimate of drug-likeness (QED) is 0.919. The van der Waals surface area contributed by atoms with Crippen molar-refractivity contribution in [3.63, 3.8) is 0 Å². The van der Waals surface area contributed by atoms with Crippen LogP contribution in [-0.4, -0.2) is 18.1 Å². The number of anilines is 1. The van der Waals surface area contributed by atoms with Crippen molar-refractivity contribution in [3.8, 4) is 0 Å². The average molecular weight is 338 g/mol. The highest BCUT2D eigenvalue weighted by molar-refractivity contribution is 9.10. The van der Waals surface area contributed by atoms with Gasteiger partial charge in [-0.1, -0.05) is 22.0 Å². The average Bonchev–Trinajstić information content (AvgIpc) is 2.43. The number of hydrogen-bond donors (Lipinski definition) is 1. The van der Waals surface area contributed by atoms with Gasteiger partial charge in [-0.15, -0.1) is 0 Å². The molecule has 1 N–H and O–H groups in total. The van der Waals surface area contributed by atoms with Gasteiger partial charge in [0.15, 0.2) is 0 Å². The van der Waals surface area contributed by atoms with E-state index in [0.29, 0.717) is 12.1 Å². The second-order valence-corrected chi connectivity index (χ2v) is 5.36. The van der Waals surface area contributed by atoms with Gasteiger partial charge in [0.05, 0.1) is 5.56 Å². The molecule has 0 heterocycles. The lowest BCUT2D eigenvalue weighted by Crippen LogP contribution is -2.17. The van der Waals surface area contributed by atoms with Crippen molar-refractivity contribution >= 4 is 27.6 Å². The van der Waals surface area contributed by atoms with E-state index in [1.165, 1.54) is 12.1 Å². The van der Waals surface area contributed by atoms with E-state index in [2.05, 4.69) is 15.9 Å². The highest BCUT2D eigenvalue weighted by atomic mass is 79.9. The van der Waals surface area contributed by atoms with Crippen LogP contribution >= 0.6 is 15.9 Å². The van der Waals surface area contributed by atoms with Gasteiger partial charge in [0.25, 0.3) is 0 Å². The van der Waals surface area contributed by atoms with Crippen LogP contribution in [0.3, 0.4) is 0 Å². The second-order valence-electron chi connectivity index (χ2n) is 4.45. The molecule has 0 saturated heterocycles. The number of carboxylic acid groups (broad SMARTS) is 1. The van der Waals surface area contributed by atoms with Gasteiger partial charge in [-0.25, -0.2) is 9.18 Å². The summed E-state index contributed by atoms with van der Waals surface area (Å²) in [6.07, 6.45) is 0.